The molecule has 0 saturated carbocycles. The molecule has 1 heterocycles. The van der Waals surface area contributed by atoms with Crippen molar-refractivity contribution in [2.75, 3.05) is 14.2 Å². The number of ether oxygens (including phenoxy) is 1. The maximum atomic E-state index is 12.6. The van der Waals surface area contributed by atoms with E-state index in [-0.39, 0.29) is 5.91 Å². The second-order valence-corrected chi connectivity index (χ2v) is 5.86. The SMILES string of the molecule is COC(=O)c1ccc(C(=O)N(C)Cc2cnn(-c3ccccc3)c2)cc1. The van der Waals surface area contributed by atoms with E-state index in [0.29, 0.717) is 17.7 Å². The number of esters is 1. The zero-order chi connectivity index (χ0) is 18.5. The first-order chi connectivity index (χ1) is 12.6. The van der Waals surface area contributed by atoms with Gasteiger partial charge in [-0.3, -0.25) is 4.79 Å². The van der Waals surface area contributed by atoms with Gasteiger partial charge in [0.2, 0.25) is 0 Å². The van der Waals surface area contributed by atoms with Crippen molar-refractivity contribution in [2.24, 2.45) is 0 Å². The second-order valence-electron chi connectivity index (χ2n) is 5.86. The number of hydrogen-bond donors (Lipinski definition) is 0. The van der Waals surface area contributed by atoms with Crippen LogP contribution in [0.2, 0.25) is 0 Å². The number of amides is 1. The molecule has 2 aromatic carbocycles. The second kappa shape index (κ2) is 7.65. The minimum atomic E-state index is -0.425. The van der Waals surface area contributed by atoms with Crippen LogP contribution < -0.4 is 0 Å². The van der Waals surface area contributed by atoms with E-state index in [1.54, 1.807) is 47.1 Å². The lowest BCUT2D eigenvalue weighted by atomic mass is 10.1. The molecule has 1 amide bonds. The molecule has 132 valence electrons. The lowest BCUT2D eigenvalue weighted by Crippen LogP contribution is -2.26. The summed E-state index contributed by atoms with van der Waals surface area (Å²) in [7, 11) is 3.06. The summed E-state index contributed by atoms with van der Waals surface area (Å²) in [5.74, 6) is -0.556. The molecular formula is C20H19N3O3. The number of carbonyl (C=O) groups is 2. The number of benzene rings is 2. The Labute approximate surface area is 151 Å². The fourth-order valence-electron chi connectivity index (χ4n) is 2.60. The molecule has 0 N–H and O–H groups in total. The third-order valence-electron chi connectivity index (χ3n) is 3.98. The van der Waals surface area contributed by atoms with Crippen LogP contribution in [0.25, 0.3) is 5.69 Å². The van der Waals surface area contributed by atoms with Gasteiger partial charge < -0.3 is 9.64 Å². The van der Waals surface area contributed by atoms with Gasteiger partial charge in [0.25, 0.3) is 5.91 Å². The molecule has 26 heavy (non-hydrogen) atoms. The number of carbonyl (C=O) groups excluding carboxylic acids is 2. The molecule has 0 saturated heterocycles. The minimum absolute atomic E-state index is 0.131. The average Bonchev–Trinajstić information content (AvgIpc) is 3.16. The van der Waals surface area contributed by atoms with Crippen LogP contribution in [0.4, 0.5) is 0 Å². The third kappa shape index (κ3) is 3.80. The standard InChI is InChI=1S/C20H19N3O3/c1-22(19(24)16-8-10-17(11-9-16)20(25)26-2)13-15-12-21-23(14-15)18-6-4-3-5-7-18/h3-12,14H,13H2,1-2H3. The summed E-state index contributed by atoms with van der Waals surface area (Å²) < 4.78 is 6.43. The third-order valence-corrected chi connectivity index (χ3v) is 3.98. The lowest BCUT2D eigenvalue weighted by molar-refractivity contribution is 0.0600. The van der Waals surface area contributed by atoms with Crippen molar-refractivity contribution in [3.8, 4) is 5.69 Å². The van der Waals surface area contributed by atoms with E-state index in [1.807, 2.05) is 36.5 Å². The summed E-state index contributed by atoms with van der Waals surface area (Å²) in [6.07, 6.45) is 3.65. The van der Waals surface area contributed by atoms with Gasteiger partial charge in [0.05, 0.1) is 24.6 Å². The molecule has 6 heteroatoms. The minimum Gasteiger partial charge on any atom is -0.465 e. The zero-order valence-corrected chi connectivity index (χ0v) is 14.6. The molecule has 1 aromatic heterocycles. The normalized spacial score (nSPS) is 10.4. The first kappa shape index (κ1) is 17.4. The largest absolute Gasteiger partial charge is 0.465 e. The highest BCUT2D eigenvalue weighted by atomic mass is 16.5. The maximum Gasteiger partial charge on any atom is 0.337 e. The summed E-state index contributed by atoms with van der Waals surface area (Å²) >= 11 is 0. The number of rotatable bonds is 5. The van der Waals surface area contributed by atoms with Crippen LogP contribution in [0.1, 0.15) is 26.3 Å². The molecule has 0 aliphatic carbocycles. The fraction of sp³-hybridized carbons (Fsp3) is 0.150. The molecular weight excluding hydrogens is 330 g/mol. The van der Waals surface area contributed by atoms with Crippen LogP contribution in [0.3, 0.4) is 0 Å². The fourth-order valence-corrected chi connectivity index (χ4v) is 2.60. The van der Waals surface area contributed by atoms with Gasteiger partial charge in [-0.25, -0.2) is 9.48 Å². The Bertz CT molecular complexity index is 902. The summed E-state index contributed by atoms with van der Waals surface area (Å²) in [5, 5.41) is 4.34. The van der Waals surface area contributed by atoms with Gasteiger partial charge in [-0.1, -0.05) is 18.2 Å². The van der Waals surface area contributed by atoms with Crippen molar-refractivity contribution in [2.45, 2.75) is 6.54 Å². The summed E-state index contributed by atoms with van der Waals surface area (Å²) in [6.45, 7) is 0.435. The van der Waals surface area contributed by atoms with Gasteiger partial charge in [-0.15, -0.1) is 0 Å². The highest BCUT2D eigenvalue weighted by molar-refractivity contribution is 5.96. The molecule has 0 bridgehead atoms. The molecule has 0 aliphatic heterocycles. The van der Waals surface area contributed by atoms with Gasteiger partial charge in [0.1, 0.15) is 0 Å². The van der Waals surface area contributed by atoms with Crippen molar-refractivity contribution in [1.82, 2.24) is 14.7 Å². The Hall–Kier alpha value is -3.41. The van der Waals surface area contributed by atoms with E-state index in [2.05, 4.69) is 9.84 Å². The van der Waals surface area contributed by atoms with Gasteiger partial charge in [0.15, 0.2) is 0 Å². The Balaban J connectivity index is 1.68. The molecule has 0 atom stereocenters. The van der Waals surface area contributed by atoms with Gasteiger partial charge in [0, 0.05) is 30.9 Å². The van der Waals surface area contributed by atoms with Crippen molar-refractivity contribution >= 4 is 11.9 Å². The zero-order valence-electron chi connectivity index (χ0n) is 14.6. The lowest BCUT2D eigenvalue weighted by Gasteiger charge is -2.16. The molecule has 0 fully saturated rings. The van der Waals surface area contributed by atoms with Crippen LogP contribution in [-0.4, -0.2) is 40.7 Å². The maximum absolute atomic E-state index is 12.6. The van der Waals surface area contributed by atoms with E-state index in [4.69, 9.17) is 0 Å². The molecule has 0 spiro atoms. The van der Waals surface area contributed by atoms with Gasteiger partial charge >= 0.3 is 5.97 Å². The highest BCUT2D eigenvalue weighted by Crippen LogP contribution is 2.12. The summed E-state index contributed by atoms with van der Waals surface area (Å²) in [4.78, 5) is 25.6. The number of nitrogens with zero attached hydrogens (tertiary/aromatic N) is 3. The summed E-state index contributed by atoms with van der Waals surface area (Å²) in [5.41, 5.74) is 2.81. The molecule has 3 aromatic rings. The number of hydrogen-bond acceptors (Lipinski definition) is 4. The van der Waals surface area contributed by atoms with Crippen LogP contribution in [-0.2, 0) is 11.3 Å². The van der Waals surface area contributed by atoms with E-state index in [1.165, 1.54) is 7.11 Å². The molecule has 0 aliphatic rings. The molecule has 0 unspecified atom stereocenters. The average molecular weight is 349 g/mol. The number of methoxy groups -OCH3 is 1. The predicted molar refractivity (Wildman–Crippen MR) is 97.1 cm³/mol. The van der Waals surface area contributed by atoms with E-state index >= 15 is 0 Å². The number of aromatic nitrogens is 2. The Kier molecular flexibility index (Phi) is 5.12. The van der Waals surface area contributed by atoms with E-state index in [0.717, 1.165) is 11.3 Å². The highest BCUT2D eigenvalue weighted by Gasteiger charge is 2.14. The van der Waals surface area contributed by atoms with Crippen molar-refractivity contribution in [3.05, 3.63) is 83.7 Å². The van der Waals surface area contributed by atoms with Crippen LogP contribution >= 0.6 is 0 Å². The smallest absolute Gasteiger partial charge is 0.337 e. The number of para-hydroxylation sites is 1. The topological polar surface area (TPSA) is 64.4 Å². The van der Waals surface area contributed by atoms with Crippen LogP contribution in [0, 0.1) is 0 Å². The Morgan fingerprint density at radius 1 is 1.04 bits per heavy atom. The first-order valence-electron chi connectivity index (χ1n) is 8.11. The van der Waals surface area contributed by atoms with Crippen molar-refractivity contribution in [3.63, 3.8) is 0 Å². The first-order valence-corrected chi connectivity index (χ1v) is 8.11. The molecule has 3 rings (SSSR count). The van der Waals surface area contributed by atoms with Crippen molar-refractivity contribution in [1.29, 1.82) is 0 Å². The van der Waals surface area contributed by atoms with Crippen LogP contribution in [0.15, 0.2) is 67.0 Å². The van der Waals surface area contributed by atoms with E-state index in [9.17, 15) is 9.59 Å². The van der Waals surface area contributed by atoms with Crippen molar-refractivity contribution < 1.29 is 14.3 Å². The van der Waals surface area contributed by atoms with Gasteiger partial charge in [-0.05, 0) is 36.4 Å². The molecule has 6 nitrogen and oxygen atoms in total. The van der Waals surface area contributed by atoms with E-state index < -0.39 is 5.97 Å². The predicted octanol–water partition coefficient (Wildman–Crippen LogP) is 2.93. The Morgan fingerprint density at radius 3 is 2.35 bits per heavy atom. The van der Waals surface area contributed by atoms with Crippen LogP contribution in [0.5, 0.6) is 0 Å². The molecule has 0 radical (unpaired) electrons. The van der Waals surface area contributed by atoms with Gasteiger partial charge in [-0.2, -0.15) is 5.10 Å². The Morgan fingerprint density at radius 2 is 1.69 bits per heavy atom. The monoisotopic (exact) mass is 349 g/mol. The quantitative estimate of drug-likeness (QED) is 0.665. The summed E-state index contributed by atoms with van der Waals surface area (Å²) in [6, 6.07) is 16.2.